The number of benzene rings is 2. The lowest BCUT2D eigenvalue weighted by molar-refractivity contribution is -0.274. The number of aromatic nitrogens is 2. The zero-order valence-electron chi connectivity index (χ0n) is 22.6. The van der Waals surface area contributed by atoms with E-state index in [0.29, 0.717) is 23.0 Å². The van der Waals surface area contributed by atoms with Crippen molar-refractivity contribution < 1.29 is 17.9 Å². The van der Waals surface area contributed by atoms with Gasteiger partial charge in [-0.2, -0.15) is 0 Å². The van der Waals surface area contributed by atoms with Crippen molar-refractivity contribution in [2.75, 3.05) is 13.1 Å². The number of aromatic amines is 2. The smallest absolute Gasteiger partial charge is 0.406 e. The van der Waals surface area contributed by atoms with Gasteiger partial charge in [0.2, 0.25) is 5.43 Å². The predicted molar refractivity (Wildman–Crippen MR) is 153 cm³/mol. The molecule has 1 fully saturated rings. The number of piperidine rings is 1. The number of nitrogens with one attached hydrogen (secondary N) is 2. The molecule has 3 heterocycles. The second-order valence-electron chi connectivity index (χ2n) is 10.4. The highest BCUT2D eigenvalue weighted by molar-refractivity contribution is 6.31. The van der Waals surface area contributed by atoms with Crippen LogP contribution in [0.5, 0.6) is 5.75 Å². The van der Waals surface area contributed by atoms with Gasteiger partial charge in [0, 0.05) is 35.9 Å². The van der Waals surface area contributed by atoms with Crippen LogP contribution in [0.15, 0.2) is 70.4 Å². The zero-order chi connectivity index (χ0) is 29.3. The third-order valence-electron chi connectivity index (χ3n) is 7.53. The van der Waals surface area contributed by atoms with Crippen molar-refractivity contribution in [1.29, 1.82) is 0 Å². The molecule has 0 spiro atoms. The molecule has 10 heteroatoms. The first kappa shape index (κ1) is 28.7. The van der Waals surface area contributed by atoms with Gasteiger partial charge in [-0.1, -0.05) is 48.0 Å². The van der Waals surface area contributed by atoms with Gasteiger partial charge >= 0.3 is 6.36 Å². The summed E-state index contributed by atoms with van der Waals surface area (Å²) < 4.78 is 41.2. The van der Waals surface area contributed by atoms with E-state index in [1.54, 1.807) is 32.2 Å². The Labute approximate surface area is 239 Å². The number of rotatable bonds is 6. The molecule has 0 unspecified atom stereocenters. The van der Waals surface area contributed by atoms with Crippen LogP contribution in [0.25, 0.3) is 22.4 Å². The molecule has 0 atom stereocenters. The molecule has 0 saturated carbocycles. The third-order valence-corrected chi connectivity index (χ3v) is 7.99. The first-order valence-corrected chi connectivity index (χ1v) is 13.7. The second kappa shape index (κ2) is 11.6. The van der Waals surface area contributed by atoms with E-state index in [4.69, 9.17) is 11.6 Å². The van der Waals surface area contributed by atoms with Gasteiger partial charge in [0.25, 0.3) is 0 Å². The predicted octanol–water partition coefficient (Wildman–Crippen LogP) is 6.95. The molecule has 6 nitrogen and oxygen atoms in total. The lowest BCUT2D eigenvalue weighted by atomic mass is 9.89. The van der Waals surface area contributed by atoms with E-state index < -0.39 is 6.36 Å². The maximum Gasteiger partial charge on any atom is 0.573 e. The summed E-state index contributed by atoms with van der Waals surface area (Å²) in [5.41, 5.74) is 4.67. The van der Waals surface area contributed by atoms with Gasteiger partial charge in [-0.05, 0) is 74.5 Å². The highest BCUT2D eigenvalue weighted by Gasteiger charge is 2.31. The Morgan fingerprint density at radius 2 is 1.63 bits per heavy atom. The van der Waals surface area contributed by atoms with Gasteiger partial charge in [-0.3, -0.25) is 14.5 Å². The molecule has 1 aliphatic heterocycles. The number of nitrogens with zero attached hydrogens (tertiary/aromatic N) is 1. The van der Waals surface area contributed by atoms with E-state index in [0.717, 1.165) is 49.2 Å². The molecule has 0 bridgehead atoms. The highest BCUT2D eigenvalue weighted by atomic mass is 35.5. The van der Waals surface area contributed by atoms with Crippen LogP contribution in [0.1, 0.15) is 41.3 Å². The Balaban J connectivity index is 1.21. The average molecular weight is 584 g/mol. The summed E-state index contributed by atoms with van der Waals surface area (Å²) in [5, 5.41) is 0.0718. The van der Waals surface area contributed by atoms with Crippen molar-refractivity contribution in [3.63, 3.8) is 0 Å². The van der Waals surface area contributed by atoms with E-state index >= 15 is 0 Å². The Kier molecular flexibility index (Phi) is 8.11. The molecule has 2 N–H and O–H groups in total. The number of ether oxygens (including phenoxy) is 1. The van der Waals surface area contributed by atoms with Crippen LogP contribution in [0.4, 0.5) is 13.2 Å². The minimum absolute atomic E-state index is 0.0718. The normalized spacial score (nSPS) is 14.8. The summed E-state index contributed by atoms with van der Waals surface area (Å²) in [5.74, 6) is 0.0901. The fraction of sp³-hybridized carbons (Fsp3) is 0.290. The molecule has 2 aromatic heterocycles. The maximum atomic E-state index is 13.0. The average Bonchev–Trinajstić information content (AvgIpc) is 2.93. The van der Waals surface area contributed by atoms with Crippen LogP contribution < -0.4 is 15.6 Å². The fourth-order valence-corrected chi connectivity index (χ4v) is 5.56. The first-order valence-electron chi connectivity index (χ1n) is 13.3. The van der Waals surface area contributed by atoms with E-state index in [1.165, 1.54) is 18.2 Å². The summed E-state index contributed by atoms with van der Waals surface area (Å²) in [6.45, 7) is 5.98. The highest BCUT2D eigenvalue weighted by Crippen LogP contribution is 2.31. The summed E-state index contributed by atoms with van der Waals surface area (Å²) in [7, 11) is 0. The molecule has 1 aliphatic rings. The molecule has 41 heavy (non-hydrogen) atoms. The number of hydrogen-bond acceptors (Lipinski definition) is 4. The van der Waals surface area contributed by atoms with Crippen LogP contribution in [0.3, 0.4) is 0 Å². The maximum absolute atomic E-state index is 13.0. The van der Waals surface area contributed by atoms with E-state index in [1.807, 2.05) is 24.3 Å². The topological polar surface area (TPSA) is 78.2 Å². The molecule has 0 aliphatic carbocycles. The van der Waals surface area contributed by atoms with E-state index in [-0.39, 0.29) is 32.8 Å². The number of alkyl halides is 3. The number of hydrogen-bond donors (Lipinski definition) is 2. The number of H-pyrrole nitrogens is 2. The minimum Gasteiger partial charge on any atom is -0.406 e. The molecular weight excluding hydrogens is 555 g/mol. The van der Waals surface area contributed by atoms with Crippen molar-refractivity contribution in [2.45, 2.75) is 45.5 Å². The SMILES string of the molecule is Cc1[nH]c(C)c(-c2c[nH]c(-c3ccc(CN4CCC(c5ccc(OC(F)(F)F)cc5)CC4)cc3)cc2=O)c(=O)c1Cl. The number of pyridine rings is 2. The van der Waals surface area contributed by atoms with Crippen molar-refractivity contribution in [3.05, 3.63) is 109 Å². The molecule has 4 aromatic rings. The first-order chi connectivity index (χ1) is 19.5. The van der Waals surface area contributed by atoms with E-state index in [9.17, 15) is 22.8 Å². The molecule has 214 valence electrons. The third kappa shape index (κ3) is 6.57. The van der Waals surface area contributed by atoms with E-state index in [2.05, 4.69) is 19.6 Å². The molecule has 2 aromatic carbocycles. The largest absolute Gasteiger partial charge is 0.573 e. The lowest BCUT2D eigenvalue weighted by Crippen LogP contribution is -2.32. The standard InChI is InChI=1S/C31H29ClF3N3O3/c1-18-28(30(40)29(32)19(2)37-18)25-16-36-26(15-27(25)39)23-5-3-20(4-6-23)17-38-13-11-22(12-14-38)21-7-9-24(10-8-21)41-31(33,34)35/h3-10,15-16,22H,11-14,17H2,1-2H3,(H,36,39)(H,37,40). The molecular formula is C31H29ClF3N3O3. The summed E-state index contributed by atoms with van der Waals surface area (Å²) in [4.78, 5) is 34.2. The van der Waals surface area contributed by atoms with Gasteiger partial charge < -0.3 is 14.7 Å². The molecule has 0 amide bonds. The van der Waals surface area contributed by atoms with Gasteiger partial charge in [-0.15, -0.1) is 13.2 Å². The Morgan fingerprint density at radius 1 is 0.976 bits per heavy atom. The quantitative estimate of drug-likeness (QED) is 0.258. The monoisotopic (exact) mass is 583 g/mol. The number of aryl methyl sites for hydroxylation is 2. The summed E-state index contributed by atoms with van der Waals surface area (Å²) >= 11 is 6.13. The minimum atomic E-state index is -4.69. The Bertz CT molecular complexity index is 1650. The van der Waals surface area contributed by atoms with Crippen LogP contribution >= 0.6 is 11.6 Å². The number of likely N-dealkylation sites (tertiary alicyclic amines) is 1. The van der Waals surface area contributed by atoms with Crippen LogP contribution in [0, 0.1) is 13.8 Å². The van der Waals surface area contributed by atoms with Crippen LogP contribution in [-0.4, -0.2) is 34.3 Å². The van der Waals surface area contributed by atoms with Gasteiger partial charge in [0.15, 0.2) is 5.43 Å². The van der Waals surface area contributed by atoms with Crippen LogP contribution in [0.2, 0.25) is 5.02 Å². The fourth-order valence-electron chi connectivity index (χ4n) is 5.42. The Morgan fingerprint density at radius 3 is 2.24 bits per heavy atom. The van der Waals surface area contributed by atoms with Crippen molar-refractivity contribution in [1.82, 2.24) is 14.9 Å². The van der Waals surface area contributed by atoms with Crippen molar-refractivity contribution >= 4 is 11.6 Å². The van der Waals surface area contributed by atoms with Crippen molar-refractivity contribution in [2.24, 2.45) is 0 Å². The zero-order valence-corrected chi connectivity index (χ0v) is 23.3. The van der Waals surface area contributed by atoms with Crippen molar-refractivity contribution in [3.8, 4) is 28.1 Å². The lowest BCUT2D eigenvalue weighted by Gasteiger charge is -2.32. The van der Waals surface area contributed by atoms with Gasteiger partial charge in [0.05, 0.1) is 11.1 Å². The van der Waals surface area contributed by atoms with Gasteiger partial charge in [0.1, 0.15) is 10.8 Å². The molecule has 0 radical (unpaired) electrons. The Hall–Kier alpha value is -3.82. The van der Waals surface area contributed by atoms with Crippen LogP contribution in [-0.2, 0) is 6.54 Å². The summed E-state index contributed by atoms with van der Waals surface area (Å²) in [6, 6.07) is 15.6. The second-order valence-corrected chi connectivity index (χ2v) is 10.8. The molecule has 5 rings (SSSR count). The number of halogens is 4. The molecule has 1 saturated heterocycles. The van der Waals surface area contributed by atoms with Gasteiger partial charge in [-0.25, -0.2) is 0 Å². The summed E-state index contributed by atoms with van der Waals surface area (Å²) in [6.07, 6.45) is -1.31.